The van der Waals surface area contributed by atoms with Gasteiger partial charge in [-0.3, -0.25) is 9.78 Å². The third kappa shape index (κ3) is 3.12. The number of amides is 1. The number of hydrogen-bond donors (Lipinski definition) is 1. The molecule has 1 rings (SSSR count). The van der Waals surface area contributed by atoms with E-state index in [9.17, 15) is 4.79 Å². The Labute approximate surface area is 95.3 Å². The third-order valence-corrected chi connectivity index (χ3v) is 2.06. The third-order valence-electron chi connectivity index (χ3n) is 1.45. The molecule has 0 saturated carbocycles. The first-order valence-corrected chi connectivity index (χ1v) is 4.99. The highest BCUT2D eigenvalue weighted by atomic mass is 79.9. The van der Waals surface area contributed by atoms with Crippen molar-refractivity contribution in [2.45, 2.75) is 0 Å². The van der Waals surface area contributed by atoms with Crippen LogP contribution in [-0.2, 0) is 0 Å². The topological polar surface area (TPSA) is 42.0 Å². The zero-order chi connectivity index (χ0) is 10.6. The summed E-state index contributed by atoms with van der Waals surface area (Å²) < 4.78 is 0.700. The van der Waals surface area contributed by atoms with Gasteiger partial charge < -0.3 is 5.32 Å². The monoisotopic (exact) mass is 274 g/mol. The molecule has 1 aromatic rings. The highest BCUT2D eigenvalue weighted by Crippen LogP contribution is 2.13. The van der Waals surface area contributed by atoms with Crippen LogP contribution in [0.1, 0.15) is 10.4 Å². The van der Waals surface area contributed by atoms with Crippen molar-refractivity contribution in [3.05, 3.63) is 40.1 Å². The lowest BCUT2D eigenvalue weighted by Crippen LogP contribution is -2.24. The predicted octanol–water partition coefficient (Wildman–Crippen LogP) is 2.37. The maximum atomic E-state index is 11.5. The van der Waals surface area contributed by atoms with Crippen LogP contribution < -0.4 is 5.32 Å². The van der Waals surface area contributed by atoms with Gasteiger partial charge in [-0.15, -0.1) is 0 Å². The fourth-order valence-corrected chi connectivity index (χ4v) is 1.15. The lowest BCUT2D eigenvalue weighted by Gasteiger charge is -2.04. The van der Waals surface area contributed by atoms with Gasteiger partial charge >= 0.3 is 0 Å². The van der Waals surface area contributed by atoms with Crippen molar-refractivity contribution in [1.29, 1.82) is 0 Å². The summed E-state index contributed by atoms with van der Waals surface area (Å²) in [4.78, 5) is 15.3. The second-order valence-corrected chi connectivity index (χ2v) is 4.08. The van der Waals surface area contributed by atoms with Crippen LogP contribution in [0.4, 0.5) is 0 Å². The molecule has 0 aliphatic carbocycles. The summed E-state index contributed by atoms with van der Waals surface area (Å²) in [7, 11) is 0. The van der Waals surface area contributed by atoms with Gasteiger partial charge in [0.25, 0.3) is 5.91 Å². The summed E-state index contributed by atoms with van der Waals surface area (Å²) in [6.45, 7) is 3.96. The molecule has 0 bridgehead atoms. The smallest absolute Gasteiger partial charge is 0.254 e. The Balaban J connectivity index is 2.70. The van der Waals surface area contributed by atoms with E-state index in [2.05, 4.69) is 32.8 Å². The molecule has 0 fully saturated rings. The summed E-state index contributed by atoms with van der Waals surface area (Å²) in [5.74, 6) is -0.260. The van der Waals surface area contributed by atoms with E-state index in [4.69, 9.17) is 11.6 Å². The van der Waals surface area contributed by atoms with E-state index in [0.29, 0.717) is 21.6 Å². The molecule has 14 heavy (non-hydrogen) atoms. The Bertz CT molecular complexity index is 368. The predicted molar refractivity (Wildman–Crippen MR) is 59.6 cm³/mol. The van der Waals surface area contributed by atoms with E-state index in [1.807, 2.05) is 0 Å². The van der Waals surface area contributed by atoms with Crippen LogP contribution in [0, 0.1) is 0 Å². The van der Waals surface area contributed by atoms with Crippen LogP contribution in [0.3, 0.4) is 0 Å². The van der Waals surface area contributed by atoms with Crippen molar-refractivity contribution in [1.82, 2.24) is 10.3 Å². The van der Waals surface area contributed by atoms with E-state index in [1.54, 1.807) is 6.07 Å². The fourth-order valence-electron chi connectivity index (χ4n) is 0.816. The van der Waals surface area contributed by atoms with Gasteiger partial charge in [0.2, 0.25) is 0 Å². The van der Waals surface area contributed by atoms with Crippen LogP contribution in [0.2, 0.25) is 5.02 Å². The highest BCUT2D eigenvalue weighted by Gasteiger charge is 2.08. The van der Waals surface area contributed by atoms with Gasteiger partial charge in [0, 0.05) is 23.4 Å². The van der Waals surface area contributed by atoms with Gasteiger partial charge in [-0.25, -0.2) is 0 Å². The number of carbonyl (C=O) groups is 1. The number of pyridine rings is 1. The molecule has 0 aromatic carbocycles. The molecule has 5 heteroatoms. The molecule has 3 nitrogen and oxygen atoms in total. The maximum absolute atomic E-state index is 11.5. The number of nitrogens with one attached hydrogen (secondary N) is 1. The first-order chi connectivity index (χ1) is 6.61. The minimum Gasteiger partial charge on any atom is -0.347 e. The summed E-state index contributed by atoms with van der Waals surface area (Å²) >= 11 is 8.94. The SMILES string of the molecule is C=C(Br)CNC(=O)c1cnccc1Cl. The minimum absolute atomic E-state index is 0.260. The van der Waals surface area contributed by atoms with E-state index in [0.717, 1.165) is 0 Å². The summed E-state index contributed by atoms with van der Waals surface area (Å²) in [6, 6.07) is 1.57. The molecule has 0 saturated heterocycles. The lowest BCUT2D eigenvalue weighted by molar-refractivity contribution is 0.0957. The van der Waals surface area contributed by atoms with Crippen molar-refractivity contribution in [2.75, 3.05) is 6.54 Å². The van der Waals surface area contributed by atoms with Crippen LogP contribution in [0.15, 0.2) is 29.5 Å². The molecular formula is C9H8BrClN2O. The van der Waals surface area contributed by atoms with Crippen molar-refractivity contribution in [2.24, 2.45) is 0 Å². The van der Waals surface area contributed by atoms with Crippen LogP contribution >= 0.6 is 27.5 Å². The first kappa shape index (κ1) is 11.2. The summed E-state index contributed by atoms with van der Waals surface area (Å²) in [5.41, 5.74) is 0.364. The molecule has 1 N–H and O–H groups in total. The molecule has 74 valence electrons. The van der Waals surface area contributed by atoms with Gasteiger partial charge in [0.15, 0.2) is 0 Å². The van der Waals surface area contributed by atoms with Crippen molar-refractivity contribution < 1.29 is 4.79 Å². The van der Waals surface area contributed by atoms with Gasteiger partial charge in [-0.2, -0.15) is 0 Å². The fraction of sp³-hybridized carbons (Fsp3) is 0.111. The van der Waals surface area contributed by atoms with Gasteiger partial charge in [-0.05, 0) is 6.07 Å². The Morgan fingerprint density at radius 3 is 3.00 bits per heavy atom. The standard InChI is InChI=1S/C9H8BrClN2O/c1-6(10)4-13-9(14)7-5-12-3-2-8(7)11/h2-3,5H,1,4H2,(H,13,14). The van der Waals surface area contributed by atoms with E-state index in [1.165, 1.54) is 12.4 Å². The molecule has 0 spiro atoms. The summed E-state index contributed by atoms with van der Waals surface area (Å²) in [6.07, 6.45) is 2.96. The number of carbonyl (C=O) groups excluding carboxylic acids is 1. The normalized spacial score (nSPS) is 9.57. The molecule has 0 aliphatic heterocycles. The van der Waals surface area contributed by atoms with Gasteiger partial charge in [0.05, 0.1) is 10.6 Å². The highest BCUT2D eigenvalue weighted by molar-refractivity contribution is 9.11. The van der Waals surface area contributed by atoms with E-state index >= 15 is 0 Å². The first-order valence-electron chi connectivity index (χ1n) is 3.82. The quantitative estimate of drug-likeness (QED) is 0.920. The van der Waals surface area contributed by atoms with Crippen LogP contribution in [0.25, 0.3) is 0 Å². The van der Waals surface area contributed by atoms with Gasteiger partial charge in [0.1, 0.15) is 0 Å². The maximum Gasteiger partial charge on any atom is 0.254 e. The van der Waals surface area contributed by atoms with Crippen LogP contribution in [0.5, 0.6) is 0 Å². The molecular weight excluding hydrogens is 267 g/mol. The van der Waals surface area contributed by atoms with E-state index in [-0.39, 0.29) is 5.91 Å². The molecule has 1 amide bonds. The minimum atomic E-state index is -0.260. The molecule has 1 heterocycles. The van der Waals surface area contributed by atoms with Crippen molar-refractivity contribution in [3.8, 4) is 0 Å². The number of rotatable bonds is 3. The van der Waals surface area contributed by atoms with Crippen molar-refractivity contribution in [3.63, 3.8) is 0 Å². The molecule has 0 aliphatic rings. The lowest BCUT2D eigenvalue weighted by atomic mass is 10.2. The largest absolute Gasteiger partial charge is 0.347 e. The second kappa shape index (κ2) is 5.12. The molecule has 0 radical (unpaired) electrons. The molecule has 0 unspecified atom stereocenters. The number of aromatic nitrogens is 1. The Kier molecular flexibility index (Phi) is 4.10. The average molecular weight is 276 g/mol. The molecule has 1 aromatic heterocycles. The van der Waals surface area contributed by atoms with E-state index < -0.39 is 0 Å². The summed E-state index contributed by atoms with van der Waals surface area (Å²) in [5, 5.41) is 3.02. The Morgan fingerprint density at radius 1 is 1.71 bits per heavy atom. The number of nitrogens with zero attached hydrogens (tertiary/aromatic N) is 1. The Hall–Kier alpha value is -0.870. The second-order valence-electron chi connectivity index (χ2n) is 2.56. The number of halogens is 2. The zero-order valence-electron chi connectivity index (χ0n) is 7.26. The number of hydrogen-bond acceptors (Lipinski definition) is 2. The van der Waals surface area contributed by atoms with Gasteiger partial charge in [-0.1, -0.05) is 34.1 Å². The van der Waals surface area contributed by atoms with Crippen LogP contribution in [-0.4, -0.2) is 17.4 Å². The molecule has 0 atom stereocenters. The van der Waals surface area contributed by atoms with Crippen molar-refractivity contribution >= 4 is 33.4 Å². The zero-order valence-corrected chi connectivity index (χ0v) is 9.60. The Morgan fingerprint density at radius 2 is 2.43 bits per heavy atom. The average Bonchev–Trinajstić information content (AvgIpc) is 2.15.